The molecule has 1 amide bonds. The minimum absolute atomic E-state index is 0.110. The molecule has 1 aromatic heterocycles. The van der Waals surface area contributed by atoms with E-state index < -0.39 is 5.76 Å². The third kappa shape index (κ3) is 2.40. The maximum absolute atomic E-state index is 12.3. The van der Waals surface area contributed by atoms with Gasteiger partial charge in [-0.05, 0) is 12.8 Å². The molecule has 1 saturated carbocycles. The predicted molar refractivity (Wildman–Crippen MR) is 60.2 cm³/mol. The molecule has 1 heterocycles. The van der Waals surface area contributed by atoms with Crippen LogP contribution in [0.2, 0.25) is 0 Å². The number of aromatic nitrogens is 2. The highest BCUT2D eigenvalue weighted by atomic mass is 16.5. The average Bonchev–Trinajstić information content (AvgIpc) is 2.88. The molecule has 0 saturated heterocycles. The number of hydrogen-bond acceptors (Lipinski definition) is 4. The standard InChI is InChI=1S/C11H17N3O3/c1-11(5-3-4-6-11)9(15)14(2)7-8-12-10(16)17-13-8/h3-7H2,1-2H3,(H,12,13,16). The number of H-pyrrole nitrogens is 1. The first-order chi connectivity index (χ1) is 8.01. The Balaban J connectivity index is 2.02. The Kier molecular flexibility index (Phi) is 3.04. The summed E-state index contributed by atoms with van der Waals surface area (Å²) < 4.78 is 4.40. The quantitative estimate of drug-likeness (QED) is 0.850. The molecule has 0 aromatic carbocycles. The summed E-state index contributed by atoms with van der Waals surface area (Å²) in [6, 6.07) is 0. The smallest absolute Gasteiger partial charge is 0.338 e. The van der Waals surface area contributed by atoms with Crippen molar-refractivity contribution in [3.63, 3.8) is 0 Å². The second-order valence-corrected chi connectivity index (χ2v) is 4.97. The van der Waals surface area contributed by atoms with Crippen molar-refractivity contribution in [3.8, 4) is 0 Å². The van der Waals surface area contributed by atoms with Crippen molar-refractivity contribution in [2.75, 3.05) is 7.05 Å². The number of rotatable bonds is 3. The van der Waals surface area contributed by atoms with E-state index in [1.54, 1.807) is 11.9 Å². The second-order valence-electron chi connectivity index (χ2n) is 4.97. The van der Waals surface area contributed by atoms with Crippen LogP contribution in [0.4, 0.5) is 0 Å². The summed E-state index contributed by atoms with van der Waals surface area (Å²) in [6.45, 7) is 2.28. The highest BCUT2D eigenvalue weighted by molar-refractivity contribution is 5.82. The maximum atomic E-state index is 12.3. The fourth-order valence-electron chi connectivity index (χ4n) is 2.45. The van der Waals surface area contributed by atoms with Crippen LogP contribution in [-0.2, 0) is 11.3 Å². The van der Waals surface area contributed by atoms with Crippen LogP contribution >= 0.6 is 0 Å². The zero-order valence-corrected chi connectivity index (χ0v) is 10.2. The second kappa shape index (κ2) is 4.35. The van der Waals surface area contributed by atoms with Gasteiger partial charge in [-0.1, -0.05) is 24.9 Å². The van der Waals surface area contributed by atoms with Gasteiger partial charge in [0.2, 0.25) is 5.91 Å². The molecule has 1 fully saturated rings. The summed E-state index contributed by atoms with van der Waals surface area (Å²) in [7, 11) is 1.72. The van der Waals surface area contributed by atoms with E-state index in [1.165, 1.54) is 0 Å². The van der Waals surface area contributed by atoms with Crippen LogP contribution in [0.3, 0.4) is 0 Å². The molecule has 1 N–H and O–H groups in total. The number of aromatic amines is 1. The molecule has 0 spiro atoms. The van der Waals surface area contributed by atoms with Gasteiger partial charge < -0.3 is 4.90 Å². The lowest BCUT2D eigenvalue weighted by molar-refractivity contribution is -0.140. The van der Waals surface area contributed by atoms with Crippen LogP contribution < -0.4 is 5.76 Å². The molecule has 0 atom stereocenters. The first kappa shape index (κ1) is 11.9. The number of hydrogen-bond donors (Lipinski definition) is 1. The monoisotopic (exact) mass is 239 g/mol. The molecule has 0 aliphatic heterocycles. The van der Waals surface area contributed by atoms with Gasteiger partial charge in [-0.25, -0.2) is 4.79 Å². The lowest BCUT2D eigenvalue weighted by Gasteiger charge is -2.28. The van der Waals surface area contributed by atoms with Gasteiger partial charge in [0.15, 0.2) is 5.82 Å². The van der Waals surface area contributed by atoms with Crippen LogP contribution in [0.15, 0.2) is 9.32 Å². The van der Waals surface area contributed by atoms with Crippen molar-refractivity contribution in [2.24, 2.45) is 5.41 Å². The fraction of sp³-hybridized carbons (Fsp3) is 0.727. The molecule has 0 radical (unpaired) electrons. The number of carbonyl (C=O) groups excluding carboxylic acids is 1. The molecule has 6 nitrogen and oxygen atoms in total. The number of nitrogens with zero attached hydrogens (tertiary/aromatic N) is 2. The third-order valence-electron chi connectivity index (χ3n) is 3.44. The molecule has 1 aliphatic rings. The number of carbonyl (C=O) groups is 1. The van der Waals surface area contributed by atoms with Gasteiger partial charge >= 0.3 is 5.76 Å². The van der Waals surface area contributed by atoms with Gasteiger partial charge in [0.1, 0.15) is 0 Å². The normalized spacial score (nSPS) is 18.2. The third-order valence-corrected chi connectivity index (χ3v) is 3.44. The zero-order valence-electron chi connectivity index (χ0n) is 10.2. The fourth-order valence-corrected chi connectivity index (χ4v) is 2.45. The molecule has 1 aliphatic carbocycles. The van der Waals surface area contributed by atoms with Gasteiger partial charge in [0, 0.05) is 12.5 Å². The highest BCUT2D eigenvalue weighted by Crippen LogP contribution is 2.38. The topological polar surface area (TPSA) is 79.2 Å². The molecular formula is C11H17N3O3. The SMILES string of the molecule is CN(Cc1noc(=O)[nH]1)C(=O)C1(C)CCCC1. The van der Waals surface area contributed by atoms with Crippen LogP contribution in [0.1, 0.15) is 38.4 Å². The molecule has 17 heavy (non-hydrogen) atoms. The van der Waals surface area contributed by atoms with E-state index in [9.17, 15) is 9.59 Å². The molecular weight excluding hydrogens is 222 g/mol. The van der Waals surface area contributed by atoms with E-state index >= 15 is 0 Å². The highest BCUT2D eigenvalue weighted by Gasteiger charge is 2.38. The summed E-state index contributed by atoms with van der Waals surface area (Å²) in [5, 5.41) is 3.55. The summed E-state index contributed by atoms with van der Waals surface area (Å²) >= 11 is 0. The predicted octanol–water partition coefficient (Wildman–Crippen LogP) is 0.902. The zero-order chi connectivity index (χ0) is 12.5. The van der Waals surface area contributed by atoms with Crippen molar-refractivity contribution in [1.29, 1.82) is 0 Å². The van der Waals surface area contributed by atoms with Gasteiger partial charge in [-0.15, -0.1) is 0 Å². The molecule has 2 rings (SSSR count). The Hall–Kier alpha value is -1.59. The van der Waals surface area contributed by atoms with Crippen molar-refractivity contribution in [2.45, 2.75) is 39.2 Å². The van der Waals surface area contributed by atoms with Crippen molar-refractivity contribution in [1.82, 2.24) is 15.0 Å². The van der Waals surface area contributed by atoms with E-state index in [-0.39, 0.29) is 17.9 Å². The Morgan fingerprint density at radius 1 is 1.53 bits per heavy atom. The number of amides is 1. The summed E-state index contributed by atoms with van der Waals surface area (Å²) in [6.07, 6.45) is 4.09. The Morgan fingerprint density at radius 3 is 2.71 bits per heavy atom. The molecule has 1 aromatic rings. The Morgan fingerprint density at radius 2 is 2.18 bits per heavy atom. The van der Waals surface area contributed by atoms with Crippen LogP contribution in [-0.4, -0.2) is 28.0 Å². The van der Waals surface area contributed by atoms with E-state index in [2.05, 4.69) is 14.7 Å². The lowest BCUT2D eigenvalue weighted by Crippen LogP contribution is -2.38. The number of nitrogens with one attached hydrogen (secondary N) is 1. The first-order valence-corrected chi connectivity index (χ1v) is 5.82. The van der Waals surface area contributed by atoms with E-state index in [4.69, 9.17) is 0 Å². The largest absolute Gasteiger partial charge is 0.438 e. The van der Waals surface area contributed by atoms with Gasteiger partial charge in [-0.3, -0.25) is 14.3 Å². The summed E-state index contributed by atoms with van der Waals surface area (Å²) in [5.41, 5.74) is -0.251. The van der Waals surface area contributed by atoms with Gasteiger partial charge in [0.05, 0.1) is 6.54 Å². The minimum atomic E-state index is -0.590. The van der Waals surface area contributed by atoms with Gasteiger partial charge in [0.25, 0.3) is 0 Å². The van der Waals surface area contributed by atoms with Crippen LogP contribution in [0.5, 0.6) is 0 Å². The minimum Gasteiger partial charge on any atom is -0.338 e. The summed E-state index contributed by atoms with van der Waals surface area (Å²) in [5.74, 6) is -0.0979. The Labute approximate surface area is 99.0 Å². The Bertz CT molecular complexity index is 457. The van der Waals surface area contributed by atoms with E-state index in [1.807, 2.05) is 6.92 Å². The van der Waals surface area contributed by atoms with Crippen molar-refractivity contribution >= 4 is 5.91 Å². The lowest BCUT2D eigenvalue weighted by atomic mass is 9.87. The van der Waals surface area contributed by atoms with Crippen LogP contribution in [0, 0.1) is 5.41 Å². The average molecular weight is 239 g/mol. The molecule has 94 valence electrons. The summed E-state index contributed by atoms with van der Waals surface area (Å²) in [4.78, 5) is 27.1. The molecule has 0 bridgehead atoms. The molecule has 0 unspecified atom stereocenters. The molecule has 6 heteroatoms. The van der Waals surface area contributed by atoms with Crippen molar-refractivity contribution < 1.29 is 9.32 Å². The first-order valence-electron chi connectivity index (χ1n) is 5.82. The van der Waals surface area contributed by atoms with Crippen LogP contribution in [0.25, 0.3) is 0 Å². The maximum Gasteiger partial charge on any atom is 0.438 e. The van der Waals surface area contributed by atoms with E-state index in [0.29, 0.717) is 5.82 Å². The van der Waals surface area contributed by atoms with E-state index in [0.717, 1.165) is 25.7 Å². The van der Waals surface area contributed by atoms with Gasteiger partial charge in [-0.2, -0.15) is 0 Å². The van der Waals surface area contributed by atoms with Crippen molar-refractivity contribution in [3.05, 3.63) is 16.4 Å².